The van der Waals surface area contributed by atoms with E-state index in [9.17, 15) is 9.59 Å². The number of esters is 1. The molecule has 1 N–H and O–H groups in total. The van der Waals surface area contributed by atoms with Crippen molar-refractivity contribution in [2.45, 2.75) is 13.3 Å². The van der Waals surface area contributed by atoms with Gasteiger partial charge in [-0.1, -0.05) is 13.0 Å². The lowest BCUT2D eigenvalue weighted by Gasteiger charge is -2.10. The van der Waals surface area contributed by atoms with Crippen molar-refractivity contribution in [3.63, 3.8) is 0 Å². The molecule has 0 aromatic heterocycles. The Kier molecular flexibility index (Phi) is 8.07. The van der Waals surface area contributed by atoms with Gasteiger partial charge in [0.05, 0.1) is 30.9 Å². The standard InChI is InChI=1S/C21H22BrNO5/c1-4-10-28-21(25)15-6-5-7-16(13-15)23-19(24)9-8-14-11-17(22)20(27-3)18(12-14)26-2/h5-9,11-13H,4,10H2,1-3H3,(H,23,24)/b9-8+. The number of hydrogen-bond acceptors (Lipinski definition) is 5. The van der Waals surface area contributed by atoms with Crippen molar-refractivity contribution in [1.29, 1.82) is 0 Å². The van der Waals surface area contributed by atoms with Crippen LogP contribution in [-0.4, -0.2) is 32.7 Å². The van der Waals surface area contributed by atoms with Crippen LogP contribution in [0.15, 0.2) is 46.9 Å². The van der Waals surface area contributed by atoms with E-state index in [0.29, 0.717) is 33.8 Å². The number of halogens is 1. The number of benzene rings is 2. The highest BCUT2D eigenvalue weighted by molar-refractivity contribution is 9.10. The average Bonchev–Trinajstić information content (AvgIpc) is 2.70. The van der Waals surface area contributed by atoms with Gasteiger partial charge >= 0.3 is 5.97 Å². The van der Waals surface area contributed by atoms with E-state index in [4.69, 9.17) is 14.2 Å². The highest BCUT2D eigenvalue weighted by atomic mass is 79.9. The third-order valence-electron chi connectivity index (χ3n) is 3.69. The molecule has 0 aliphatic carbocycles. The van der Waals surface area contributed by atoms with E-state index in [1.807, 2.05) is 13.0 Å². The maximum Gasteiger partial charge on any atom is 0.338 e. The topological polar surface area (TPSA) is 73.9 Å². The van der Waals surface area contributed by atoms with Gasteiger partial charge in [0.15, 0.2) is 11.5 Å². The molecule has 0 bridgehead atoms. The van der Waals surface area contributed by atoms with Crippen molar-refractivity contribution in [2.75, 3.05) is 26.1 Å². The molecule has 0 spiro atoms. The summed E-state index contributed by atoms with van der Waals surface area (Å²) >= 11 is 3.42. The van der Waals surface area contributed by atoms with Crippen LogP contribution in [0.4, 0.5) is 5.69 Å². The van der Waals surface area contributed by atoms with Gasteiger partial charge in [-0.3, -0.25) is 4.79 Å². The van der Waals surface area contributed by atoms with Crippen LogP contribution in [0.25, 0.3) is 6.08 Å². The largest absolute Gasteiger partial charge is 0.493 e. The Balaban J connectivity index is 2.08. The summed E-state index contributed by atoms with van der Waals surface area (Å²) in [6.45, 7) is 2.28. The monoisotopic (exact) mass is 447 g/mol. The summed E-state index contributed by atoms with van der Waals surface area (Å²) in [4.78, 5) is 24.1. The Morgan fingerprint density at radius 2 is 1.93 bits per heavy atom. The number of amides is 1. The van der Waals surface area contributed by atoms with Gasteiger partial charge in [0, 0.05) is 11.8 Å². The van der Waals surface area contributed by atoms with Gasteiger partial charge in [0.1, 0.15) is 0 Å². The molecule has 7 heteroatoms. The Bertz CT molecular complexity index is 879. The van der Waals surface area contributed by atoms with Gasteiger partial charge in [-0.25, -0.2) is 4.79 Å². The van der Waals surface area contributed by atoms with Crippen LogP contribution in [0.1, 0.15) is 29.3 Å². The lowest BCUT2D eigenvalue weighted by atomic mass is 10.1. The number of anilines is 1. The predicted octanol–water partition coefficient (Wildman–Crippen LogP) is 4.69. The second kappa shape index (κ2) is 10.5. The summed E-state index contributed by atoms with van der Waals surface area (Å²) in [6.07, 6.45) is 3.80. The lowest BCUT2D eigenvalue weighted by molar-refractivity contribution is -0.111. The van der Waals surface area contributed by atoms with Gasteiger partial charge in [-0.2, -0.15) is 0 Å². The number of hydrogen-bond donors (Lipinski definition) is 1. The molecule has 0 saturated heterocycles. The van der Waals surface area contributed by atoms with E-state index in [2.05, 4.69) is 21.2 Å². The minimum Gasteiger partial charge on any atom is -0.493 e. The fourth-order valence-corrected chi connectivity index (χ4v) is 3.01. The minimum absolute atomic E-state index is 0.329. The molecule has 2 aromatic rings. The van der Waals surface area contributed by atoms with E-state index in [1.54, 1.807) is 50.6 Å². The first kappa shape index (κ1) is 21.5. The van der Waals surface area contributed by atoms with Crippen molar-refractivity contribution in [3.8, 4) is 11.5 Å². The third-order valence-corrected chi connectivity index (χ3v) is 4.28. The van der Waals surface area contributed by atoms with E-state index in [-0.39, 0.29) is 5.91 Å². The molecule has 0 atom stereocenters. The van der Waals surface area contributed by atoms with Crippen molar-refractivity contribution >= 4 is 39.6 Å². The van der Waals surface area contributed by atoms with E-state index in [0.717, 1.165) is 12.0 Å². The molecule has 0 radical (unpaired) electrons. The molecule has 6 nitrogen and oxygen atoms in total. The first-order chi connectivity index (χ1) is 13.5. The summed E-state index contributed by atoms with van der Waals surface area (Å²) in [7, 11) is 3.10. The SMILES string of the molecule is CCCOC(=O)c1cccc(NC(=O)/C=C/c2cc(Br)c(OC)c(OC)c2)c1. The zero-order chi connectivity index (χ0) is 20.5. The molecule has 0 fully saturated rings. The molecule has 0 unspecified atom stereocenters. The van der Waals surface area contributed by atoms with Crippen molar-refractivity contribution in [1.82, 2.24) is 0 Å². The number of ether oxygens (including phenoxy) is 3. The maximum absolute atomic E-state index is 12.2. The number of nitrogens with one attached hydrogen (secondary N) is 1. The Morgan fingerprint density at radius 3 is 2.61 bits per heavy atom. The minimum atomic E-state index is -0.413. The molecule has 1 amide bonds. The van der Waals surface area contributed by atoms with Gasteiger partial charge < -0.3 is 19.5 Å². The van der Waals surface area contributed by atoms with Crippen molar-refractivity contribution in [2.24, 2.45) is 0 Å². The number of carbonyl (C=O) groups excluding carboxylic acids is 2. The Hall–Kier alpha value is -2.80. The quantitative estimate of drug-likeness (QED) is 0.469. The zero-order valence-corrected chi connectivity index (χ0v) is 17.5. The molecule has 0 aliphatic rings. The van der Waals surface area contributed by atoms with Crippen LogP contribution in [0.5, 0.6) is 11.5 Å². The number of rotatable bonds is 8. The van der Waals surface area contributed by atoms with Gasteiger partial charge in [-0.05, 0) is 64.3 Å². The summed E-state index contributed by atoms with van der Waals surface area (Å²) in [5.74, 6) is 0.389. The van der Waals surface area contributed by atoms with E-state index >= 15 is 0 Å². The normalized spacial score (nSPS) is 10.6. The van der Waals surface area contributed by atoms with Crippen LogP contribution in [0, 0.1) is 0 Å². The second-order valence-corrected chi connectivity index (χ2v) is 6.63. The molecular formula is C21H22BrNO5. The van der Waals surface area contributed by atoms with Crippen LogP contribution >= 0.6 is 15.9 Å². The molecule has 0 heterocycles. The smallest absolute Gasteiger partial charge is 0.338 e. The van der Waals surface area contributed by atoms with Crippen LogP contribution in [-0.2, 0) is 9.53 Å². The fourth-order valence-electron chi connectivity index (χ4n) is 2.39. The summed E-state index contributed by atoms with van der Waals surface area (Å²) in [5, 5.41) is 2.73. The molecule has 0 aliphatic heterocycles. The Labute approximate surface area is 172 Å². The Morgan fingerprint density at radius 1 is 1.14 bits per heavy atom. The first-order valence-corrected chi connectivity index (χ1v) is 9.45. The second-order valence-electron chi connectivity index (χ2n) is 5.78. The maximum atomic E-state index is 12.2. The number of methoxy groups -OCH3 is 2. The first-order valence-electron chi connectivity index (χ1n) is 8.66. The average molecular weight is 448 g/mol. The fraction of sp³-hybridized carbons (Fsp3) is 0.238. The molecular weight excluding hydrogens is 426 g/mol. The van der Waals surface area contributed by atoms with Crippen molar-refractivity contribution in [3.05, 3.63) is 58.1 Å². The summed E-state index contributed by atoms with van der Waals surface area (Å²) < 4.78 is 16.4. The van der Waals surface area contributed by atoms with E-state index < -0.39 is 5.97 Å². The predicted molar refractivity (Wildman–Crippen MR) is 112 cm³/mol. The van der Waals surface area contributed by atoms with E-state index in [1.165, 1.54) is 6.08 Å². The molecule has 148 valence electrons. The molecule has 2 aromatic carbocycles. The van der Waals surface area contributed by atoms with Gasteiger partial charge in [-0.15, -0.1) is 0 Å². The summed E-state index contributed by atoms with van der Waals surface area (Å²) in [5.41, 5.74) is 1.66. The number of carbonyl (C=O) groups is 2. The van der Waals surface area contributed by atoms with Gasteiger partial charge in [0.2, 0.25) is 5.91 Å². The summed E-state index contributed by atoms with van der Waals surface area (Å²) in [6, 6.07) is 10.2. The molecule has 2 rings (SSSR count). The van der Waals surface area contributed by atoms with Crippen molar-refractivity contribution < 1.29 is 23.8 Å². The molecule has 0 saturated carbocycles. The molecule has 28 heavy (non-hydrogen) atoms. The van der Waals surface area contributed by atoms with Crippen LogP contribution < -0.4 is 14.8 Å². The highest BCUT2D eigenvalue weighted by Gasteiger charge is 2.10. The zero-order valence-electron chi connectivity index (χ0n) is 16.0. The van der Waals surface area contributed by atoms with Crippen LogP contribution in [0.3, 0.4) is 0 Å². The third kappa shape index (κ3) is 5.85. The van der Waals surface area contributed by atoms with Gasteiger partial charge in [0.25, 0.3) is 0 Å². The lowest BCUT2D eigenvalue weighted by Crippen LogP contribution is -2.10. The highest BCUT2D eigenvalue weighted by Crippen LogP contribution is 2.36. The van der Waals surface area contributed by atoms with Crippen LogP contribution in [0.2, 0.25) is 0 Å².